The Kier molecular flexibility index (Phi) is 1.35. The monoisotopic (exact) mass is 147 g/mol. The van der Waals surface area contributed by atoms with Gasteiger partial charge in [-0.15, -0.1) is 5.11 Å². The Morgan fingerprint density at radius 1 is 1.36 bits per heavy atom. The third-order valence-electron chi connectivity index (χ3n) is 1.70. The van der Waals surface area contributed by atoms with Crippen LogP contribution in [0.15, 0.2) is 34.6 Å². The summed E-state index contributed by atoms with van der Waals surface area (Å²) in [5, 5.41) is 9.78. The Labute approximate surface area is 65.3 Å². The zero-order valence-electron chi connectivity index (χ0n) is 6.36. The van der Waals surface area contributed by atoms with Crippen molar-refractivity contribution in [1.29, 1.82) is 0 Å². The Hall–Kier alpha value is -1.38. The fourth-order valence-corrected chi connectivity index (χ4v) is 1.14. The Balaban J connectivity index is 2.46. The molecule has 0 unspecified atom stereocenters. The molecule has 0 saturated carbocycles. The topological polar surface area (TPSA) is 28.0 Å². The summed E-state index contributed by atoms with van der Waals surface area (Å²) in [7, 11) is 1.92. The van der Waals surface area contributed by atoms with E-state index in [1.165, 1.54) is 5.56 Å². The molecule has 1 aliphatic rings. The van der Waals surface area contributed by atoms with E-state index in [9.17, 15) is 0 Å². The predicted molar refractivity (Wildman–Crippen MR) is 42.4 cm³/mol. The van der Waals surface area contributed by atoms with Crippen LogP contribution in [0.25, 0.3) is 0 Å². The quantitative estimate of drug-likeness (QED) is 0.552. The molecule has 3 nitrogen and oxygen atoms in total. The lowest BCUT2D eigenvalue weighted by Gasteiger charge is -2.16. The predicted octanol–water partition coefficient (Wildman–Crippen LogP) is 2.13. The summed E-state index contributed by atoms with van der Waals surface area (Å²) in [6.07, 6.45) is 0. The van der Waals surface area contributed by atoms with E-state index in [-0.39, 0.29) is 0 Å². The summed E-state index contributed by atoms with van der Waals surface area (Å²) in [6.45, 7) is 0.861. The molecule has 0 spiro atoms. The molecular formula is C8H9N3. The van der Waals surface area contributed by atoms with Crippen molar-refractivity contribution in [3.05, 3.63) is 29.8 Å². The van der Waals surface area contributed by atoms with Crippen molar-refractivity contribution in [1.82, 2.24) is 5.01 Å². The van der Waals surface area contributed by atoms with Crippen LogP contribution in [0.2, 0.25) is 0 Å². The Morgan fingerprint density at radius 3 is 3.09 bits per heavy atom. The van der Waals surface area contributed by atoms with Crippen molar-refractivity contribution in [2.45, 2.75) is 6.54 Å². The molecule has 0 aliphatic carbocycles. The molecule has 1 heterocycles. The molecule has 56 valence electrons. The van der Waals surface area contributed by atoms with Crippen LogP contribution in [0.3, 0.4) is 0 Å². The number of benzene rings is 1. The van der Waals surface area contributed by atoms with Gasteiger partial charge in [-0.05, 0) is 6.07 Å². The summed E-state index contributed by atoms with van der Waals surface area (Å²) in [6, 6.07) is 8.05. The van der Waals surface area contributed by atoms with E-state index >= 15 is 0 Å². The molecular weight excluding hydrogens is 138 g/mol. The molecule has 0 bridgehead atoms. The lowest BCUT2D eigenvalue weighted by atomic mass is 10.2. The first-order valence-corrected chi connectivity index (χ1v) is 3.57. The molecule has 1 aromatic carbocycles. The largest absolute Gasteiger partial charge is 0.277 e. The summed E-state index contributed by atoms with van der Waals surface area (Å²) in [4.78, 5) is 0. The van der Waals surface area contributed by atoms with Crippen LogP contribution in [0.4, 0.5) is 5.69 Å². The zero-order chi connectivity index (χ0) is 7.68. The Bertz CT molecular complexity index is 293. The average molecular weight is 147 g/mol. The highest BCUT2D eigenvalue weighted by Gasteiger charge is 2.07. The first-order valence-electron chi connectivity index (χ1n) is 3.57. The van der Waals surface area contributed by atoms with Gasteiger partial charge >= 0.3 is 0 Å². The van der Waals surface area contributed by atoms with Crippen LogP contribution < -0.4 is 0 Å². The first kappa shape index (κ1) is 6.34. The molecule has 0 fully saturated rings. The molecule has 0 amide bonds. The van der Waals surface area contributed by atoms with Crippen molar-refractivity contribution in [3.63, 3.8) is 0 Å². The molecule has 0 aromatic heterocycles. The number of hydrogen-bond donors (Lipinski definition) is 0. The highest BCUT2D eigenvalue weighted by Crippen LogP contribution is 2.24. The molecule has 0 radical (unpaired) electrons. The maximum absolute atomic E-state index is 4.02. The van der Waals surface area contributed by atoms with E-state index in [4.69, 9.17) is 0 Å². The van der Waals surface area contributed by atoms with Gasteiger partial charge in [-0.1, -0.05) is 23.4 Å². The zero-order valence-corrected chi connectivity index (χ0v) is 6.36. The highest BCUT2D eigenvalue weighted by atomic mass is 15.5. The third kappa shape index (κ3) is 1.09. The maximum Gasteiger partial charge on any atom is 0.0924 e. The van der Waals surface area contributed by atoms with Crippen molar-refractivity contribution in [2.75, 3.05) is 7.05 Å². The second-order valence-corrected chi connectivity index (χ2v) is 2.63. The highest BCUT2D eigenvalue weighted by molar-refractivity contribution is 5.45. The molecule has 1 aromatic rings. The van der Waals surface area contributed by atoms with Gasteiger partial charge in [0.15, 0.2) is 0 Å². The minimum absolute atomic E-state index is 0.861. The molecule has 0 saturated heterocycles. The van der Waals surface area contributed by atoms with Gasteiger partial charge in [0, 0.05) is 12.6 Å². The van der Waals surface area contributed by atoms with Crippen LogP contribution in [-0.4, -0.2) is 12.1 Å². The van der Waals surface area contributed by atoms with Crippen molar-refractivity contribution >= 4 is 5.69 Å². The maximum atomic E-state index is 4.02. The van der Waals surface area contributed by atoms with E-state index in [1.54, 1.807) is 0 Å². The van der Waals surface area contributed by atoms with Crippen LogP contribution in [0, 0.1) is 0 Å². The molecule has 3 heteroatoms. The van der Waals surface area contributed by atoms with E-state index in [1.807, 2.05) is 30.3 Å². The van der Waals surface area contributed by atoms with Crippen LogP contribution in [0.5, 0.6) is 0 Å². The normalized spacial score (nSPS) is 14.8. The molecule has 11 heavy (non-hydrogen) atoms. The van der Waals surface area contributed by atoms with Crippen LogP contribution >= 0.6 is 0 Å². The molecule has 1 aliphatic heterocycles. The van der Waals surface area contributed by atoms with Crippen molar-refractivity contribution in [2.24, 2.45) is 10.3 Å². The van der Waals surface area contributed by atoms with Gasteiger partial charge in [-0.2, -0.15) is 0 Å². The van der Waals surface area contributed by atoms with Crippen LogP contribution in [-0.2, 0) is 6.54 Å². The van der Waals surface area contributed by atoms with Gasteiger partial charge in [-0.25, -0.2) is 0 Å². The fraction of sp³-hybridized carbons (Fsp3) is 0.250. The van der Waals surface area contributed by atoms with Gasteiger partial charge in [0.25, 0.3) is 0 Å². The van der Waals surface area contributed by atoms with Crippen molar-refractivity contribution in [3.8, 4) is 0 Å². The lowest BCUT2D eigenvalue weighted by molar-refractivity contribution is 0.314. The van der Waals surface area contributed by atoms with Gasteiger partial charge in [0.2, 0.25) is 0 Å². The van der Waals surface area contributed by atoms with Gasteiger partial charge in [0.05, 0.1) is 12.2 Å². The minimum atomic E-state index is 0.861. The smallest absolute Gasteiger partial charge is 0.0924 e. The fourth-order valence-electron chi connectivity index (χ4n) is 1.14. The number of rotatable bonds is 0. The molecule has 2 rings (SSSR count). The summed E-state index contributed by atoms with van der Waals surface area (Å²) >= 11 is 0. The lowest BCUT2D eigenvalue weighted by Crippen LogP contribution is -2.12. The van der Waals surface area contributed by atoms with E-state index < -0.39 is 0 Å². The minimum Gasteiger partial charge on any atom is -0.277 e. The number of hydrogen-bond acceptors (Lipinski definition) is 3. The SMILES string of the molecule is CN1Cc2ccccc2N=N1. The summed E-state index contributed by atoms with van der Waals surface area (Å²) in [5.41, 5.74) is 2.23. The standard InChI is InChI=1S/C8H9N3/c1-11-6-7-4-2-3-5-8(7)9-10-11/h2-5H,6H2,1H3. The third-order valence-corrected chi connectivity index (χ3v) is 1.70. The molecule has 0 N–H and O–H groups in total. The molecule has 0 atom stereocenters. The number of nitrogens with zero attached hydrogens (tertiary/aromatic N) is 3. The van der Waals surface area contributed by atoms with Crippen molar-refractivity contribution < 1.29 is 0 Å². The van der Waals surface area contributed by atoms with E-state index in [0.29, 0.717) is 0 Å². The van der Waals surface area contributed by atoms with Gasteiger partial charge in [-0.3, -0.25) is 5.01 Å². The second-order valence-electron chi connectivity index (χ2n) is 2.63. The Morgan fingerprint density at radius 2 is 2.18 bits per heavy atom. The first-order chi connectivity index (χ1) is 5.36. The van der Waals surface area contributed by atoms with Gasteiger partial charge in [0.1, 0.15) is 0 Å². The second kappa shape index (κ2) is 2.34. The van der Waals surface area contributed by atoms with E-state index in [2.05, 4.69) is 16.4 Å². The summed E-state index contributed by atoms with van der Waals surface area (Å²) < 4.78 is 0. The average Bonchev–Trinajstić information content (AvgIpc) is 2.04. The van der Waals surface area contributed by atoms with Gasteiger partial charge < -0.3 is 0 Å². The van der Waals surface area contributed by atoms with E-state index in [0.717, 1.165) is 12.2 Å². The van der Waals surface area contributed by atoms with Crippen LogP contribution in [0.1, 0.15) is 5.56 Å². The summed E-state index contributed by atoms with van der Waals surface area (Å²) in [5.74, 6) is 0. The number of fused-ring (bicyclic) bond motifs is 1.